The van der Waals surface area contributed by atoms with Crippen molar-refractivity contribution in [3.63, 3.8) is 0 Å². The molecule has 2 atom stereocenters. The number of halogens is 3. The van der Waals surface area contributed by atoms with E-state index >= 15 is 0 Å². The number of likely N-dealkylation sites (tertiary alicyclic amines) is 1. The Morgan fingerprint density at radius 3 is 2.97 bits per heavy atom. The molecule has 1 amide bonds. The van der Waals surface area contributed by atoms with Gasteiger partial charge in [0.2, 0.25) is 17.7 Å². The summed E-state index contributed by atoms with van der Waals surface area (Å²) in [7, 11) is 1.42. The Morgan fingerprint density at radius 1 is 1.37 bits per heavy atom. The normalized spacial score (nSPS) is 20.1. The van der Waals surface area contributed by atoms with Crippen LogP contribution in [0.3, 0.4) is 0 Å². The van der Waals surface area contributed by atoms with Crippen molar-refractivity contribution in [2.45, 2.75) is 38.5 Å². The molecule has 0 bridgehead atoms. The van der Waals surface area contributed by atoms with Gasteiger partial charge in [-0.3, -0.25) is 4.79 Å². The predicted octanol–water partition coefficient (Wildman–Crippen LogP) is 2.79. The van der Waals surface area contributed by atoms with Crippen molar-refractivity contribution in [1.82, 2.24) is 34.5 Å². The minimum Gasteiger partial charge on any atom is -0.479 e. The van der Waals surface area contributed by atoms with E-state index < -0.39 is 37.9 Å². The van der Waals surface area contributed by atoms with E-state index in [0.29, 0.717) is 27.7 Å². The molecule has 1 saturated heterocycles. The van der Waals surface area contributed by atoms with Crippen LogP contribution in [0, 0.1) is 0 Å². The van der Waals surface area contributed by atoms with Crippen LogP contribution in [-0.4, -0.2) is 79.2 Å². The Balaban J connectivity index is 1.41. The van der Waals surface area contributed by atoms with E-state index in [-0.39, 0.29) is 31.3 Å². The quantitative estimate of drug-likeness (QED) is 0.443. The molecule has 0 spiro atoms. The molecule has 13 heteroatoms. The summed E-state index contributed by atoms with van der Waals surface area (Å²) in [4.78, 5) is 17.4. The molecule has 1 aromatic carbocycles. The molecule has 0 saturated carbocycles. The van der Waals surface area contributed by atoms with Crippen molar-refractivity contribution < 1.29 is 26.8 Å². The van der Waals surface area contributed by atoms with Crippen LogP contribution in [0.2, 0.25) is 0 Å². The van der Waals surface area contributed by atoms with Crippen LogP contribution in [0.5, 0.6) is 5.88 Å². The molecule has 1 aliphatic heterocycles. The molecule has 35 heavy (non-hydrogen) atoms. The molecule has 0 unspecified atom stereocenters. The van der Waals surface area contributed by atoms with E-state index in [0.717, 1.165) is 9.58 Å². The maximum absolute atomic E-state index is 14.9. The first-order valence-electron chi connectivity index (χ1n) is 12.3. The first-order chi connectivity index (χ1) is 18.0. The Hall–Kier alpha value is -3.90. The Labute approximate surface area is 201 Å². The highest BCUT2D eigenvalue weighted by Gasteiger charge is 2.31. The molecule has 5 rings (SSSR count). The lowest BCUT2D eigenvalue weighted by Crippen LogP contribution is -2.49. The highest BCUT2D eigenvalue weighted by atomic mass is 19.3. The van der Waals surface area contributed by atoms with Crippen LogP contribution in [0.15, 0.2) is 30.5 Å². The molecule has 0 aliphatic carbocycles. The van der Waals surface area contributed by atoms with E-state index in [1.807, 2.05) is 0 Å². The number of methoxy groups -OCH3 is 1. The summed E-state index contributed by atoms with van der Waals surface area (Å²) in [5.41, 5.74) is 2.76. The maximum Gasteiger partial charge on any atom is 0.258 e. The van der Waals surface area contributed by atoms with Gasteiger partial charge in [0, 0.05) is 29.3 Å². The van der Waals surface area contributed by atoms with Crippen LogP contribution in [0.1, 0.15) is 17.4 Å². The molecular formula is C22H23F3N8O2. The third-order valence-corrected chi connectivity index (χ3v) is 5.95. The average molecular weight is 491 g/mol. The summed E-state index contributed by atoms with van der Waals surface area (Å²) >= 11 is 0. The van der Waals surface area contributed by atoms with Crippen LogP contribution < -0.4 is 10.1 Å². The molecule has 1 fully saturated rings. The number of amides is 1. The summed E-state index contributed by atoms with van der Waals surface area (Å²) in [5.74, 6) is -0.814. The Morgan fingerprint density at radius 2 is 2.23 bits per heavy atom. The van der Waals surface area contributed by atoms with Crippen LogP contribution in [-0.2, 0) is 11.3 Å². The van der Waals surface area contributed by atoms with Crippen LogP contribution in [0.4, 0.5) is 19.1 Å². The van der Waals surface area contributed by atoms with Gasteiger partial charge in [-0.1, -0.05) is 11.3 Å². The SMILES string of the molecule is [2H]C([2H])([2H])C(=O)N1CC[C@@H](Nc2nc(OC)c3c(-c4ccc5nnn(CC(F)F)c5c4)ccn3n2)[C@@H](F)C1. The minimum atomic E-state index is -2.82. The number of ether oxygens (including phenoxy) is 1. The number of piperidine rings is 1. The van der Waals surface area contributed by atoms with Crippen molar-refractivity contribution in [2.75, 3.05) is 25.5 Å². The number of nitrogens with zero attached hydrogens (tertiary/aromatic N) is 7. The Kier molecular flexibility index (Phi) is 5.01. The largest absolute Gasteiger partial charge is 0.479 e. The van der Waals surface area contributed by atoms with Crippen molar-refractivity contribution >= 4 is 28.4 Å². The lowest BCUT2D eigenvalue weighted by atomic mass is 10.0. The zero-order valence-electron chi connectivity index (χ0n) is 21.5. The smallest absolute Gasteiger partial charge is 0.258 e. The summed E-state index contributed by atoms with van der Waals surface area (Å²) in [6, 6.07) is 6.15. The first-order valence-corrected chi connectivity index (χ1v) is 10.8. The number of nitrogens with one attached hydrogen (secondary N) is 1. The van der Waals surface area contributed by atoms with Crippen molar-refractivity contribution in [3.05, 3.63) is 30.5 Å². The maximum atomic E-state index is 14.9. The number of hydrogen-bond acceptors (Lipinski definition) is 7. The second-order valence-electron chi connectivity index (χ2n) is 8.14. The zero-order valence-corrected chi connectivity index (χ0v) is 18.5. The van der Waals surface area contributed by atoms with Gasteiger partial charge in [0.1, 0.15) is 23.7 Å². The van der Waals surface area contributed by atoms with Crippen molar-refractivity contribution in [2.24, 2.45) is 0 Å². The van der Waals surface area contributed by atoms with Gasteiger partial charge >= 0.3 is 0 Å². The molecular weight excluding hydrogens is 465 g/mol. The number of aromatic nitrogens is 6. The van der Waals surface area contributed by atoms with E-state index in [2.05, 4.69) is 25.7 Å². The fraction of sp³-hybridized carbons (Fsp3) is 0.409. The standard InChI is InChI=1S/C22H23F3N8O2/c1-12(34)31-7-6-16(15(23)10-31)26-22-27-21(35-2)20-14(5-8-32(20)29-22)13-3-4-17-18(9-13)33(30-28-17)11-19(24)25/h3-5,8-9,15-16,19H,6-7,10-11H2,1-2H3,(H,26,29)/t15-,16+/m0/s1/i1D3. The molecule has 1 aliphatic rings. The van der Waals surface area contributed by atoms with Gasteiger partial charge in [-0.25, -0.2) is 22.4 Å². The van der Waals surface area contributed by atoms with Crippen molar-refractivity contribution in [3.8, 4) is 17.0 Å². The summed E-state index contributed by atoms with van der Waals surface area (Å²) < 4.78 is 70.7. The second kappa shape index (κ2) is 9.04. The lowest BCUT2D eigenvalue weighted by molar-refractivity contribution is -0.131. The number of carbonyl (C=O) groups is 1. The van der Waals surface area contributed by atoms with Gasteiger partial charge in [0.05, 0.1) is 25.2 Å². The van der Waals surface area contributed by atoms with Gasteiger partial charge in [0.25, 0.3) is 6.43 Å². The highest BCUT2D eigenvalue weighted by molar-refractivity contribution is 5.89. The number of rotatable bonds is 6. The molecule has 4 aromatic rings. The Bertz CT molecular complexity index is 1490. The molecule has 10 nitrogen and oxygen atoms in total. The van der Waals surface area contributed by atoms with E-state index in [1.165, 1.54) is 11.6 Å². The van der Waals surface area contributed by atoms with Gasteiger partial charge in [-0.05, 0) is 30.2 Å². The third-order valence-electron chi connectivity index (χ3n) is 5.95. The number of anilines is 1. The highest BCUT2D eigenvalue weighted by Crippen LogP contribution is 2.33. The number of fused-ring (bicyclic) bond motifs is 2. The van der Waals surface area contributed by atoms with Gasteiger partial charge in [-0.15, -0.1) is 10.2 Å². The summed E-state index contributed by atoms with van der Waals surface area (Å²) in [5, 5.41) is 15.1. The molecule has 4 heterocycles. The zero-order chi connectivity index (χ0) is 27.2. The third kappa shape index (κ3) is 4.33. The minimum absolute atomic E-state index is 0.0713. The molecule has 0 radical (unpaired) electrons. The number of alkyl halides is 3. The fourth-order valence-corrected chi connectivity index (χ4v) is 4.24. The lowest BCUT2D eigenvalue weighted by Gasteiger charge is -2.34. The summed E-state index contributed by atoms with van der Waals surface area (Å²) in [6.45, 7) is -3.70. The van der Waals surface area contributed by atoms with E-state index in [9.17, 15) is 18.0 Å². The second-order valence-corrected chi connectivity index (χ2v) is 8.14. The number of benzene rings is 1. The molecule has 184 valence electrons. The topological polar surface area (TPSA) is 102 Å². The van der Waals surface area contributed by atoms with Gasteiger partial charge < -0.3 is 15.0 Å². The first kappa shape index (κ1) is 19.4. The predicted molar refractivity (Wildman–Crippen MR) is 121 cm³/mol. The fourth-order valence-electron chi connectivity index (χ4n) is 4.24. The van der Waals surface area contributed by atoms with E-state index in [4.69, 9.17) is 8.85 Å². The van der Waals surface area contributed by atoms with Crippen LogP contribution in [0.25, 0.3) is 27.7 Å². The van der Waals surface area contributed by atoms with Gasteiger partial charge in [-0.2, -0.15) is 4.98 Å². The van der Waals surface area contributed by atoms with E-state index in [1.54, 1.807) is 30.5 Å². The summed E-state index contributed by atoms with van der Waals surface area (Å²) in [6.07, 6.45) is -2.32. The molecule has 1 N–H and O–H groups in total. The average Bonchev–Trinajstić information content (AvgIpc) is 3.47. The molecule has 3 aromatic heterocycles. The monoisotopic (exact) mass is 491 g/mol. The number of carbonyl (C=O) groups excluding carboxylic acids is 1. The van der Waals surface area contributed by atoms with Crippen LogP contribution >= 0.6 is 0 Å². The van der Waals surface area contributed by atoms with Gasteiger partial charge in [0.15, 0.2) is 0 Å². The van der Waals surface area contributed by atoms with Crippen molar-refractivity contribution in [1.29, 1.82) is 0 Å². The number of hydrogen-bond donors (Lipinski definition) is 1.